The van der Waals surface area contributed by atoms with Crippen molar-refractivity contribution in [3.8, 4) is 5.75 Å². The average Bonchev–Trinajstić information content (AvgIpc) is 2.54. The lowest BCUT2D eigenvalue weighted by atomic mass is 9.83. The monoisotopic (exact) mass is 310 g/mol. The highest BCUT2D eigenvalue weighted by molar-refractivity contribution is 6.01. The quantitative estimate of drug-likeness (QED) is 0.915. The van der Waals surface area contributed by atoms with Crippen LogP contribution in [-0.4, -0.2) is 18.9 Å². The molecule has 2 N–H and O–H groups in total. The molecule has 0 bridgehead atoms. The lowest BCUT2D eigenvalue weighted by molar-refractivity contribution is -0.116. The molecule has 1 atom stereocenters. The molecule has 1 heterocycles. The predicted molar refractivity (Wildman–Crippen MR) is 88.8 cm³/mol. The molecular formula is C18H18N2O3. The van der Waals surface area contributed by atoms with E-state index in [2.05, 4.69) is 10.6 Å². The highest BCUT2D eigenvalue weighted by Gasteiger charge is 2.31. The maximum absolute atomic E-state index is 12.2. The van der Waals surface area contributed by atoms with Gasteiger partial charge in [0.1, 0.15) is 5.75 Å². The Hall–Kier alpha value is -2.82. The van der Waals surface area contributed by atoms with E-state index in [9.17, 15) is 9.59 Å². The maximum Gasteiger partial charge on any atom is 0.225 e. The molecule has 23 heavy (non-hydrogen) atoms. The molecular weight excluding hydrogens is 292 g/mol. The summed E-state index contributed by atoms with van der Waals surface area (Å²) in [6.45, 7) is 1.47. The number of ether oxygens (including phenoxy) is 1. The Kier molecular flexibility index (Phi) is 4.02. The number of anilines is 2. The molecule has 1 aliphatic heterocycles. The molecule has 5 heteroatoms. The molecule has 5 nitrogen and oxygen atoms in total. The smallest absolute Gasteiger partial charge is 0.225 e. The van der Waals surface area contributed by atoms with Crippen LogP contribution in [0.5, 0.6) is 5.75 Å². The van der Waals surface area contributed by atoms with Crippen LogP contribution in [0.1, 0.15) is 30.4 Å². The molecule has 0 fully saturated rings. The van der Waals surface area contributed by atoms with E-state index >= 15 is 0 Å². The van der Waals surface area contributed by atoms with Crippen LogP contribution >= 0.6 is 0 Å². The van der Waals surface area contributed by atoms with Crippen LogP contribution in [0, 0.1) is 0 Å². The Morgan fingerprint density at radius 3 is 2.61 bits per heavy atom. The Morgan fingerprint density at radius 1 is 1.22 bits per heavy atom. The summed E-state index contributed by atoms with van der Waals surface area (Å²) in [5.41, 5.74) is 3.24. The van der Waals surface area contributed by atoms with Crippen molar-refractivity contribution < 1.29 is 14.3 Å². The number of carbonyl (C=O) groups excluding carboxylic acids is 2. The van der Waals surface area contributed by atoms with E-state index in [1.54, 1.807) is 13.2 Å². The van der Waals surface area contributed by atoms with Gasteiger partial charge in [-0.15, -0.1) is 0 Å². The van der Waals surface area contributed by atoms with E-state index in [4.69, 9.17) is 4.74 Å². The van der Waals surface area contributed by atoms with Crippen LogP contribution in [0.2, 0.25) is 0 Å². The summed E-state index contributed by atoms with van der Waals surface area (Å²) < 4.78 is 5.38. The Bertz CT molecular complexity index is 756. The molecule has 1 aliphatic rings. The Balaban J connectivity index is 2.20. The van der Waals surface area contributed by atoms with Crippen molar-refractivity contribution in [1.82, 2.24) is 0 Å². The van der Waals surface area contributed by atoms with Gasteiger partial charge in [-0.2, -0.15) is 0 Å². The summed E-state index contributed by atoms with van der Waals surface area (Å²) in [6, 6.07) is 13.4. The molecule has 0 aliphatic carbocycles. The van der Waals surface area contributed by atoms with E-state index in [-0.39, 0.29) is 17.7 Å². The largest absolute Gasteiger partial charge is 0.495 e. The molecule has 0 saturated carbocycles. The second-order valence-corrected chi connectivity index (χ2v) is 5.50. The second kappa shape index (κ2) is 6.12. The van der Waals surface area contributed by atoms with Crippen molar-refractivity contribution in [2.24, 2.45) is 0 Å². The van der Waals surface area contributed by atoms with E-state index in [1.165, 1.54) is 6.92 Å². The third-order valence-electron chi connectivity index (χ3n) is 3.94. The molecule has 3 rings (SSSR count). The number of rotatable bonds is 3. The summed E-state index contributed by atoms with van der Waals surface area (Å²) in [5.74, 6) is 0.241. The van der Waals surface area contributed by atoms with Gasteiger partial charge >= 0.3 is 0 Å². The minimum absolute atomic E-state index is 0.0652. The molecule has 0 spiro atoms. The number of carbonyl (C=O) groups is 2. The minimum atomic E-state index is -0.152. The summed E-state index contributed by atoms with van der Waals surface area (Å²) >= 11 is 0. The van der Waals surface area contributed by atoms with Gasteiger partial charge in [0.25, 0.3) is 0 Å². The van der Waals surface area contributed by atoms with Crippen molar-refractivity contribution in [3.05, 3.63) is 53.6 Å². The molecule has 118 valence electrons. The van der Waals surface area contributed by atoms with Gasteiger partial charge in [-0.25, -0.2) is 0 Å². The van der Waals surface area contributed by atoms with Gasteiger partial charge < -0.3 is 15.4 Å². The zero-order valence-electron chi connectivity index (χ0n) is 13.1. The standard InChI is InChI=1S/C18H18N2O3/c1-11(21)19-14-8-9-15(23-2)18-17(14)13(10-16(22)20-18)12-6-4-3-5-7-12/h3-9,13H,10H2,1-2H3,(H,19,21)(H,20,22). The van der Waals surface area contributed by atoms with Crippen molar-refractivity contribution in [2.75, 3.05) is 17.7 Å². The first-order chi connectivity index (χ1) is 11.1. The van der Waals surface area contributed by atoms with E-state index in [1.807, 2.05) is 36.4 Å². The molecule has 0 saturated heterocycles. The summed E-state index contributed by atoms with van der Waals surface area (Å²) in [7, 11) is 1.56. The fourth-order valence-electron chi connectivity index (χ4n) is 3.01. The van der Waals surface area contributed by atoms with Crippen LogP contribution in [-0.2, 0) is 9.59 Å². The normalized spacial score (nSPS) is 16.3. The number of fused-ring (bicyclic) bond motifs is 1. The zero-order chi connectivity index (χ0) is 16.4. The molecule has 0 radical (unpaired) electrons. The second-order valence-electron chi connectivity index (χ2n) is 5.50. The third-order valence-corrected chi connectivity index (χ3v) is 3.94. The van der Waals surface area contributed by atoms with Crippen LogP contribution in [0.4, 0.5) is 11.4 Å². The van der Waals surface area contributed by atoms with E-state index < -0.39 is 0 Å². The fourth-order valence-corrected chi connectivity index (χ4v) is 3.01. The van der Waals surface area contributed by atoms with Crippen LogP contribution < -0.4 is 15.4 Å². The van der Waals surface area contributed by atoms with Gasteiger partial charge in [-0.1, -0.05) is 30.3 Å². The van der Waals surface area contributed by atoms with Gasteiger partial charge in [0.15, 0.2) is 0 Å². The fraction of sp³-hybridized carbons (Fsp3) is 0.222. The lowest BCUT2D eigenvalue weighted by Gasteiger charge is -2.29. The van der Waals surface area contributed by atoms with Crippen molar-refractivity contribution in [3.63, 3.8) is 0 Å². The minimum Gasteiger partial charge on any atom is -0.495 e. The number of benzene rings is 2. The van der Waals surface area contributed by atoms with Crippen molar-refractivity contribution in [1.29, 1.82) is 0 Å². The van der Waals surface area contributed by atoms with E-state index in [0.717, 1.165) is 11.1 Å². The number of amides is 2. The van der Waals surface area contributed by atoms with Crippen molar-refractivity contribution in [2.45, 2.75) is 19.3 Å². The number of hydrogen-bond donors (Lipinski definition) is 2. The number of methoxy groups -OCH3 is 1. The molecule has 1 unspecified atom stereocenters. The molecule has 2 amide bonds. The highest BCUT2D eigenvalue weighted by atomic mass is 16.5. The Labute approximate surface area is 134 Å². The van der Waals surface area contributed by atoms with Crippen LogP contribution in [0.25, 0.3) is 0 Å². The van der Waals surface area contributed by atoms with Crippen molar-refractivity contribution >= 4 is 23.2 Å². The lowest BCUT2D eigenvalue weighted by Crippen LogP contribution is -2.25. The molecule has 2 aromatic rings. The van der Waals surface area contributed by atoms with Crippen LogP contribution in [0.15, 0.2) is 42.5 Å². The third kappa shape index (κ3) is 2.90. The zero-order valence-corrected chi connectivity index (χ0v) is 13.1. The van der Waals surface area contributed by atoms with Gasteiger partial charge in [0.05, 0.1) is 12.8 Å². The summed E-state index contributed by atoms with van der Waals surface area (Å²) in [6.07, 6.45) is 0.330. The number of nitrogens with one attached hydrogen (secondary N) is 2. The first kappa shape index (κ1) is 15.1. The van der Waals surface area contributed by atoms with Gasteiger partial charge in [-0.3, -0.25) is 9.59 Å². The Morgan fingerprint density at radius 2 is 1.96 bits per heavy atom. The van der Waals surface area contributed by atoms with E-state index in [0.29, 0.717) is 23.5 Å². The maximum atomic E-state index is 12.2. The first-order valence-corrected chi connectivity index (χ1v) is 7.43. The highest BCUT2D eigenvalue weighted by Crippen LogP contribution is 2.45. The van der Waals surface area contributed by atoms with Gasteiger partial charge in [-0.05, 0) is 17.7 Å². The SMILES string of the molecule is COc1ccc(NC(C)=O)c2c1NC(=O)CC2c1ccccc1. The molecule has 0 aromatic heterocycles. The first-order valence-electron chi connectivity index (χ1n) is 7.43. The summed E-state index contributed by atoms with van der Waals surface area (Å²) in [4.78, 5) is 23.7. The van der Waals surface area contributed by atoms with Gasteiger partial charge in [0.2, 0.25) is 11.8 Å². The predicted octanol–water partition coefficient (Wildman–Crippen LogP) is 3.13. The topological polar surface area (TPSA) is 67.4 Å². The average molecular weight is 310 g/mol. The summed E-state index contributed by atoms with van der Waals surface area (Å²) in [5, 5.41) is 5.73. The van der Waals surface area contributed by atoms with Gasteiger partial charge in [0, 0.05) is 30.5 Å². The number of hydrogen-bond acceptors (Lipinski definition) is 3. The van der Waals surface area contributed by atoms with Crippen LogP contribution in [0.3, 0.4) is 0 Å². The molecule has 2 aromatic carbocycles.